The number of nitro groups is 2. The highest BCUT2D eigenvalue weighted by molar-refractivity contribution is 5.76. The molecule has 8 heteroatoms. The molecule has 0 N–H and O–H groups in total. The number of hydrogen-bond acceptors (Lipinski definition) is 6. The number of nitro benzene ring substituents is 2. The van der Waals surface area contributed by atoms with Crippen LogP contribution in [0.25, 0.3) is 22.3 Å². The summed E-state index contributed by atoms with van der Waals surface area (Å²) in [5.74, 6) is 0. The van der Waals surface area contributed by atoms with Gasteiger partial charge in [-0.1, -0.05) is 12.1 Å². The largest absolute Gasteiger partial charge is 0.349 e. The van der Waals surface area contributed by atoms with Gasteiger partial charge in [-0.3, -0.25) is 20.2 Å². The Bertz CT molecular complexity index is 1370. The van der Waals surface area contributed by atoms with Gasteiger partial charge in [-0.25, -0.2) is 0 Å². The fourth-order valence-electron chi connectivity index (χ4n) is 4.99. The van der Waals surface area contributed by atoms with Crippen LogP contribution in [0.3, 0.4) is 0 Å². The summed E-state index contributed by atoms with van der Waals surface area (Å²) in [4.78, 5) is 25.8. The summed E-state index contributed by atoms with van der Waals surface area (Å²) in [6.45, 7) is 2.36. The maximum atomic E-state index is 11.0. The molecule has 172 valence electrons. The van der Waals surface area contributed by atoms with E-state index in [0.29, 0.717) is 0 Å². The van der Waals surface area contributed by atoms with E-state index in [1.165, 1.54) is 46.8 Å². The second kappa shape index (κ2) is 7.95. The third kappa shape index (κ3) is 3.65. The monoisotopic (exact) mass is 464 g/mol. The normalized spacial score (nSPS) is 13.7. The standard InChI is InChI=1S/C27H20N4O4/c32-30(33)24-7-1-18(2-8-24)20-5-11-26-22(13-20)15-28-17-29(26)16-23-14-21(6-12-27(23)28)19-3-9-25(10-4-19)31(34)35/h1-14H,15-17H2. The van der Waals surface area contributed by atoms with Gasteiger partial charge in [0.25, 0.3) is 11.4 Å². The van der Waals surface area contributed by atoms with Crippen LogP contribution in [0.4, 0.5) is 22.7 Å². The zero-order valence-corrected chi connectivity index (χ0v) is 18.6. The number of fused-ring (bicyclic) bond motifs is 6. The minimum Gasteiger partial charge on any atom is -0.349 e. The average molecular weight is 464 g/mol. The number of hydrogen-bond donors (Lipinski definition) is 0. The predicted molar refractivity (Wildman–Crippen MR) is 134 cm³/mol. The molecule has 2 aliphatic heterocycles. The van der Waals surface area contributed by atoms with Crippen LogP contribution < -0.4 is 9.80 Å². The van der Waals surface area contributed by atoms with E-state index in [-0.39, 0.29) is 21.2 Å². The Morgan fingerprint density at radius 2 is 0.914 bits per heavy atom. The highest BCUT2D eigenvalue weighted by Crippen LogP contribution is 2.41. The first-order valence-corrected chi connectivity index (χ1v) is 11.2. The summed E-state index contributed by atoms with van der Waals surface area (Å²) in [5, 5.41) is 21.9. The van der Waals surface area contributed by atoms with Gasteiger partial charge < -0.3 is 9.80 Å². The second-order valence-electron chi connectivity index (χ2n) is 8.83. The lowest BCUT2D eigenvalue weighted by Crippen LogP contribution is -2.46. The molecular weight excluding hydrogens is 444 g/mol. The minimum atomic E-state index is -0.386. The highest BCUT2D eigenvalue weighted by Gasteiger charge is 2.29. The summed E-state index contributed by atoms with van der Waals surface area (Å²) in [6, 6.07) is 26.1. The summed E-state index contributed by atoms with van der Waals surface area (Å²) < 4.78 is 0. The van der Waals surface area contributed by atoms with Gasteiger partial charge in [-0.05, 0) is 81.9 Å². The smallest absolute Gasteiger partial charge is 0.269 e. The Kier molecular flexibility index (Phi) is 4.74. The lowest BCUT2D eigenvalue weighted by molar-refractivity contribution is -0.385. The summed E-state index contributed by atoms with van der Waals surface area (Å²) in [5.41, 5.74) is 8.97. The van der Waals surface area contributed by atoms with Crippen molar-refractivity contribution in [1.82, 2.24) is 0 Å². The van der Waals surface area contributed by atoms with Crippen LogP contribution in [0.1, 0.15) is 11.1 Å². The zero-order valence-electron chi connectivity index (χ0n) is 18.6. The van der Waals surface area contributed by atoms with Crippen molar-refractivity contribution >= 4 is 22.7 Å². The average Bonchev–Trinajstić information content (AvgIpc) is 2.88. The highest BCUT2D eigenvalue weighted by atomic mass is 16.6. The SMILES string of the molecule is O=[N+]([O-])c1ccc(-c2ccc3c(c2)CN2CN3Cc3cc(-c4ccc([N+](=O)[O-])cc4)ccc32)cc1. The summed E-state index contributed by atoms with van der Waals surface area (Å²) in [7, 11) is 0. The second-order valence-corrected chi connectivity index (χ2v) is 8.83. The number of non-ortho nitro benzene ring substituents is 2. The fraction of sp³-hybridized carbons (Fsp3) is 0.111. The van der Waals surface area contributed by atoms with Crippen molar-refractivity contribution < 1.29 is 9.85 Å². The van der Waals surface area contributed by atoms with Crippen LogP contribution in [-0.2, 0) is 13.1 Å². The van der Waals surface area contributed by atoms with Gasteiger partial charge in [0.1, 0.15) is 0 Å². The van der Waals surface area contributed by atoms with Crippen molar-refractivity contribution in [1.29, 1.82) is 0 Å². The van der Waals surface area contributed by atoms with Crippen LogP contribution in [0.5, 0.6) is 0 Å². The molecule has 0 radical (unpaired) electrons. The minimum absolute atomic E-state index is 0.0863. The van der Waals surface area contributed by atoms with Crippen molar-refractivity contribution in [3.8, 4) is 22.3 Å². The first-order valence-electron chi connectivity index (χ1n) is 11.2. The van der Waals surface area contributed by atoms with Crippen molar-refractivity contribution in [2.24, 2.45) is 0 Å². The molecule has 0 saturated carbocycles. The van der Waals surface area contributed by atoms with E-state index in [1.54, 1.807) is 24.3 Å². The van der Waals surface area contributed by atoms with Crippen LogP contribution in [-0.4, -0.2) is 16.5 Å². The van der Waals surface area contributed by atoms with Gasteiger partial charge in [-0.15, -0.1) is 0 Å². The molecule has 4 aromatic rings. The Balaban J connectivity index is 1.29. The Morgan fingerprint density at radius 1 is 0.543 bits per heavy atom. The molecule has 0 aliphatic carbocycles. The maximum Gasteiger partial charge on any atom is 0.269 e. The first-order chi connectivity index (χ1) is 17.0. The van der Waals surface area contributed by atoms with Crippen LogP contribution in [0.2, 0.25) is 0 Å². The topological polar surface area (TPSA) is 92.8 Å². The molecule has 2 aliphatic rings. The molecule has 8 nitrogen and oxygen atoms in total. The van der Waals surface area contributed by atoms with Crippen molar-refractivity contribution in [2.75, 3.05) is 16.5 Å². The lowest BCUT2D eigenvalue weighted by Gasteiger charge is -2.45. The molecule has 0 atom stereocenters. The maximum absolute atomic E-state index is 11.0. The molecule has 0 spiro atoms. The van der Waals surface area contributed by atoms with Gasteiger partial charge in [0.2, 0.25) is 0 Å². The van der Waals surface area contributed by atoms with E-state index in [4.69, 9.17) is 0 Å². The molecule has 0 unspecified atom stereocenters. The van der Waals surface area contributed by atoms with Gasteiger partial charge >= 0.3 is 0 Å². The number of benzene rings is 4. The van der Waals surface area contributed by atoms with Gasteiger partial charge in [0.05, 0.1) is 16.5 Å². The van der Waals surface area contributed by atoms with Crippen LogP contribution in [0.15, 0.2) is 84.9 Å². The third-order valence-electron chi connectivity index (χ3n) is 6.73. The lowest BCUT2D eigenvalue weighted by atomic mass is 9.95. The molecule has 0 amide bonds. The molecule has 6 rings (SSSR count). The van der Waals surface area contributed by atoms with Crippen molar-refractivity contribution in [2.45, 2.75) is 13.1 Å². The molecule has 2 heterocycles. The molecule has 4 aromatic carbocycles. The number of nitrogens with zero attached hydrogens (tertiary/aromatic N) is 4. The Labute approximate surface area is 201 Å². The van der Waals surface area contributed by atoms with Gasteiger partial charge in [0.15, 0.2) is 0 Å². The molecule has 0 saturated heterocycles. The van der Waals surface area contributed by atoms with Crippen LogP contribution in [0, 0.1) is 20.2 Å². The molecular formula is C27H20N4O4. The third-order valence-corrected chi connectivity index (χ3v) is 6.73. The van der Waals surface area contributed by atoms with E-state index in [0.717, 1.165) is 42.0 Å². The van der Waals surface area contributed by atoms with Crippen molar-refractivity contribution in [3.05, 3.63) is 116 Å². The molecule has 35 heavy (non-hydrogen) atoms. The van der Waals surface area contributed by atoms with Gasteiger partial charge in [-0.2, -0.15) is 0 Å². The zero-order chi connectivity index (χ0) is 24.1. The molecule has 0 fully saturated rings. The number of rotatable bonds is 4. The Hall–Kier alpha value is -4.72. The van der Waals surface area contributed by atoms with E-state index in [2.05, 4.69) is 46.2 Å². The van der Waals surface area contributed by atoms with Crippen molar-refractivity contribution in [3.63, 3.8) is 0 Å². The quantitative estimate of drug-likeness (QED) is 0.266. The predicted octanol–water partition coefficient (Wildman–Crippen LogP) is 6.13. The van der Waals surface area contributed by atoms with Crippen LogP contribution >= 0.6 is 0 Å². The first kappa shape index (κ1) is 20.9. The van der Waals surface area contributed by atoms with Gasteiger partial charge in [0, 0.05) is 48.7 Å². The molecule has 0 aromatic heterocycles. The fourth-order valence-corrected chi connectivity index (χ4v) is 4.99. The van der Waals surface area contributed by atoms with E-state index < -0.39 is 0 Å². The number of anilines is 2. The van der Waals surface area contributed by atoms with E-state index in [9.17, 15) is 20.2 Å². The summed E-state index contributed by atoms with van der Waals surface area (Å²) in [6.07, 6.45) is 0. The Morgan fingerprint density at radius 3 is 1.29 bits per heavy atom. The summed E-state index contributed by atoms with van der Waals surface area (Å²) >= 11 is 0. The molecule has 2 bridgehead atoms. The van der Waals surface area contributed by atoms with E-state index >= 15 is 0 Å². The van der Waals surface area contributed by atoms with E-state index in [1.807, 2.05) is 0 Å².